The fourth-order valence-electron chi connectivity index (χ4n) is 2.92. The number of hydrogen-bond acceptors (Lipinski definition) is 5. The zero-order valence-electron chi connectivity index (χ0n) is 14.9. The smallest absolute Gasteiger partial charge is 0.256 e. The summed E-state index contributed by atoms with van der Waals surface area (Å²) in [5, 5.41) is 3.32. The number of nitrogens with zero attached hydrogens (tertiary/aromatic N) is 1. The molecule has 0 saturated carbocycles. The van der Waals surface area contributed by atoms with Gasteiger partial charge in [0, 0.05) is 30.3 Å². The first-order chi connectivity index (χ1) is 12.9. The van der Waals surface area contributed by atoms with Gasteiger partial charge in [0.05, 0.1) is 26.9 Å². The molecular weight excluding hydrogens is 404 g/mol. The number of thioether (sulfide) groups is 1. The first kappa shape index (κ1) is 20.0. The van der Waals surface area contributed by atoms with Crippen molar-refractivity contribution in [3.8, 4) is 0 Å². The average Bonchev–Trinajstić information content (AvgIpc) is 2.68. The lowest BCUT2D eigenvalue weighted by Crippen LogP contribution is -2.32. The molecular formula is C19H21ClN2O3S2. The van der Waals surface area contributed by atoms with Crippen LogP contribution in [0.1, 0.15) is 17.3 Å². The van der Waals surface area contributed by atoms with Crippen LogP contribution in [0.5, 0.6) is 0 Å². The molecule has 1 N–H and O–H groups in total. The minimum Gasteiger partial charge on any atom is -0.369 e. The minimum absolute atomic E-state index is 0.0403. The van der Waals surface area contributed by atoms with Crippen LogP contribution in [0.2, 0.25) is 5.02 Å². The van der Waals surface area contributed by atoms with Crippen LogP contribution >= 0.6 is 23.4 Å². The van der Waals surface area contributed by atoms with Crippen molar-refractivity contribution in [2.45, 2.75) is 11.8 Å². The molecule has 0 unspecified atom stereocenters. The highest BCUT2D eigenvalue weighted by atomic mass is 35.5. The van der Waals surface area contributed by atoms with Crippen LogP contribution in [0.15, 0.2) is 47.4 Å². The third-order valence-electron chi connectivity index (χ3n) is 4.40. The lowest BCUT2D eigenvalue weighted by Gasteiger charge is -2.29. The van der Waals surface area contributed by atoms with E-state index in [0.29, 0.717) is 10.7 Å². The SMILES string of the molecule is CCS(=O)(=O)c1ccccc1C(=O)Nc1ccc(N2CCSCC2)c(Cl)c1. The molecule has 2 aromatic carbocycles. The summed E-state index contributed by atoms with van der Waals surface area (Å²) in [6, 6.07) is 11.6. The summed E-state index contributed by atoms with van der Waals surface area (Å²) >= 11 is 8.35. The van der Waals surface area contributed by atoms with Gasteiger partial charge in [0.25, 0.3) is 5.91 Å². The van der Waals surface area contributed by atoms with Crippen molar-refractivity contribution in [3.63, 3.8) is 0 Å². The standard InChI is InChI=1S/C19H21ClN2O3S2/c1-2-27(24,25)18-6-4-3-5-15(18)19(23)21-14-7-8-17(16(20)13-14)22-9-11-26-12-10-22/h3-8,13H,2,9-12H2,1H3,(H,21,23). The van der Waals surface area contributed by atoms with Gasteiger partial charge < -0.3 is 10.2 Å². The van der Waals surface area contributed by atoms with Gasteiger partial charge in [-0.05, 0) is 30.3 Å². The maximum absolute atomic E-state index is 12.7. The van der Waals surface area contributed by atoms with Gasteiger partial charge in [-0.25, -0.2) is 8.42 Å². The van der Waals surface area contributed by atoms with Gasteiger partial charge in [-0.1, -0.05) is 30.7 Å². The van der Waals surface area contributed by atoms with Gasteiger partial charge in [-0.2, -0.15) is 11.8 Å². The predicted molar refractivity (Wildman–Crippen MR) is 113 cm³/mol. The van der Waals surface area contributed by atoms with Gasteiger partial charge >= 0.3 is 0 Å². The first-order valence-electron chi connectivity index (χ1n) is 8.68. The molecule has 0 aromatic heterocycles. The zero-order valence-corrected chi connectivity index (χ0v) is 17.3. The van der Waals surface area contributed by atoms with Gasteiger partial charge in [-0.15, -0.1) is 0 Å². The van der Waals surface area contributed by atoms with Gasteiger partial charge in [0.15, 0.2) is 9.84 Å². The van der Waals surface area contributed by atoms with E-state index < -0.39 is 15.7 Å². The Balaban J connectivity index is 1.82. The van der Waals surface area contributed by atoms with Crippen LogP contribution in [-0.4, -0.2) is 44.7 Å². The predicted octanol–water partition coefficient (Wildman–Crippen LogP) is 3.94. The molecule has 1 aliphatic rings. The monoisotopic (exact) mass is 424 g/mol. The molecule has 1 aliphatic heterocycles. The van der Waals surface area contributed by atoms with E-state index in [2.05, 4.69) is 10.2 Å². The largest absolute Gasteiger partial charge is 0.369 e. The third kappa shape index (κ3) is 4.59. The van der Waals surface area contributed by atoms with E-state index in [-0.39, 0.29) is 16.2 Å². The van der Waals surface area contributed by atoms with Crippen molar-refractivity contribution in [1.29, 1.82) is 0 Å². The molecule has 2 aromatic rings. The summed E-state index contributed by atoms with van der Waals surface area (Å²) in [4.78, 5) is 14.9. The number of benzene rings is 2. The number of carbonyl (C=O) groups excluding carboxylic acids is 1. The number of rotatable bonds is 5. The highest BCUT2D eigenvalue weighted by molar-refractivity contribution is 7.99. The van der Waals surface area contributed by atoms with Crippen molar-refractivity contribution >= 4 is 50.5 Å². The Bertz CT molecular complexity index is 942. The molecule has 27 heavy (non-hydrogen) atoms. The Kier molecular flexibility index (Phi) is 6.34. The minimum atomic E-state index is -3.49. The Hall–Kier alpha value is -1.70. The Labute approximate surface area is 169 Å². The van der Waals surface area contributed by atoms with E-state index in [1.165, 1.54) is 12.1 Å². The molecule has 8 heteroatoms. The zero-order chi connectivity index (χ0) is 19.4. The summed E-state index contributed by atoms with van der Waals surface area (Å²) in [7, 11) is -3.49. The molecule has 5 nitrogen and oxygen atoms in total. The van der Waals surface area contributed by atoms with E-state index in [1.54, 1.807) is 31.2 Å². The third-order valence-corrected chi connectivity index (χ3v) is 7.44. The number of carbonyl (C=O) groups is 1. The fourth-order valence-corrected chi connectivity index (χ4v) is 5.22. The first-order valence-corrected chi connectivity index (χ1v) is 11.9. The van der Waals surface area contributed by atoms with Crippen LogP contribution in [0.4, 0.5) is 11.4 Å². The van der Waals surface area contributed by atoms with E-state index in [1.807, 2.05) is 17.8 Å². The summed E-state index contributed by atoms with van der Waals surface area (Å²) in [5.41, 5.74) is 1.61. The second-order valence-corrected chi connectivity index (χ2v) is 10.00. The van der Waals surface area contributed by atoms with Crippen molar-refractivity contribution in [1.82, 2.24) is 0 Å². The summed E-state index contributed by atoms with van der Waals surface area (Å²) < 4.78 is 24.5. The van der Waals surface area contributed by atoms with Crippen LogP contribution < -0.4 is 10.2 Å². The highest BCUT2D eigenvalue weighted by Gasteiger charge is 2.21. The Morgan fingerprint density at radius 2 is 1.89 bits per heavy atom. The van der Waals surface area contributed by atoms with E-state index in [9.17, 15) is 13.2 Å². The topological polar surface area (TPSA) is 66.5 Å². The Morgan fingerprint density at radius 1 is 1.19 bits per heavy atom. The molecule has 1 fully saturated rings. The van der Waals surface area contributed by atoms with Crippen molar-refractivity contribution in [2.24, 2.45) is 0 Å². The van der Waals surface area contributed by atoms with Crippen molar-refractivity contribution < 1.29 is 13.2 Å². The van der Waals surface area contributed by atoms with Gasteiger partial charge in [-0.3, -0.25) is 4.79 Å². The number of anilines is 2. The van der Waals surface area contributed by atoms with Crippen molar-refractivity contribution in [2.75, 3.05) is 40.6 Å². The average molecular weight is 425 g/mol. The summed E-state index contributed by atoms with van der Waals surface area (Å²) in [6.45, 7) is 3.44. The molecule has 0 atom stereocenters. The van der Waals surface area contributed by atoms with Crippen molar-refractivity contribution in [3.05, 3.63) is 53.1 Å². The molecule has 0 bridgehead atoms. The molecule has 0 radical (unpaired) electrons. The number of halogens is 1. The lowest BCUT2D eigenvalue weighted by molar-refractivity contribution is 0.102. The van der Waals surface area contributed by atoms with Crippen LogP contribution in [-0.2, 0) is 9.84 Å². The van der Waals surface area contributed by atoms with Crippen LogP contribution in [0, 0.1) is 0 Å². The van der Waals surface area contributed by atoms with Gasteiger partial charge in [0.1, 0.15) is 0 Å². The second-order valence-electron chi connectivity index (χ2n) is 6.12. The van der Waals surface area contributed by atoms with E-state index in [0.717, 1.165) is 30.3 Å². The number of sulfone groups is 1. The quantitative estimate of drug-likeness (QED) is 0.787. The maximum Gasteiger partial charge on any atom is 0.256 e. The lowest BCUT2D eigenvalue weighted by atomic mass is 10.2. The molecule has 1 amide bonds. The molecule has 1 heterocycles. The second kappa shape index (κ2) is 8.54. The number of amides is 1. The van der Waals surface area contributed by atoms with Crippen LogP contribution in [0.3, 0.4) is 0 Å². The highest BCUT2D eigenvalue weighted by Crippen LogP contribution is 2.31. The molecule has 3 rings (SSSR count). The van der Waals surface area contributed by atoms with Gasteiger partial charge in [0.2, 0.25) is 0 Å². The van der Waals surface area contributed by atoms with Crippen LogP contribution in [0.25, 0.3) is 0 Å². The number of hydrogen-bond donors (Lipinski definition) is 1. The summed E-state index contributed by atoms with van der Waals surface area (Å²) in [5.74, 6) is 1.60. The normalized spacial score (nSPS) is 14.8. The summed E-state index contributed by atoms with van der Waals surface area (Å²) in [6.07, 6.45) is 0. The van der Waals surface area contributed by atoms with E-state index in [4.69, 9.17) is 11.6 Å². The molecule has 0 spiro atoms. The molecule has 0 aliphatic carbocycles. The Morgan fingerprint density at radius 3 is 2.56 bits per heavy atom. The molecule has 144 valence electrons. The molecule has 1 saturated heterocycles. The maximum atomic E-state index is 12.7. The fraction of sp³-hybridized carbons (Fsp3) is 0.316. The van der Waals surface area contributed by atoms with E-state index >= 15 is 0 Å². The number of nitrogens with one attached hydrogen (secondary N) is 1.